The summed E-state index contributed by atoms with van der Waals surface area (Å²) in [5, 5.41) is 8.81. The predicted octanol–water partition coefficient (Wildman–Crippen LogP) is 4.62. The van der Waals surface area contributed by atoms with E-state index in [1.165, 1.54) is 23.1 Å². The Morgan fingerprint density at radius 3 is 2.58 bits per heavy atom. The van der Waals surface area contributed by atoms with Crippen molar-refractivity contribution in [3.05, 3.63) is 35.7 Å². The lowest BCUT2D eigenvalue weighted by molar-refractivity contribution is -0.137. The Morgan fingerprint density at radius 1 is 1.09 bits per heavy atom. The number of likely N-dealkylation sites (tertiary alicyclic amines) is 2. The smallest absolute Gasteiger partial charge is 0.342 e. The van der Waals surface area contributed by atoms with E-state index in [1.54, 1.807) is 6.07 Å². The number of alkyl halides is 3. The van der Waals surface area contributed by atoms with Crippen LogP contribution in [0, 0.1) is 5.92 Å². The fraction of sp³-hybridized carbons (Fsp3) is 0.609. The third-order valence-electron chi connectivity index (χ3n) is 6.30. The van der Waals surface area contributed by atoms with E-state index >= 15 is 0 Å². The van der Waals surface area contributed by atoms with Gasteiger partial charge in [0.2, 0.25) is 5.91 Å². The molecule has 4 rings (SSSR count). The Kier molecular flexibility index (Phi) is 7.63. The normalized spacial score (nSPS) is 20.2. The molecule has 1 atom stereocenters. The molecule has 33 heavy (non-hydrogen) atoms. The van der Waals surface area contributed by atoms with Gasteiger partial charge in [0.15, 0.2) is 11.0 Å². The molecule has 2 aliphatic rings. The number of aromatic nitrogens is 3. The maximum absolute atomic E-state index is 13.8. The first-order valence-electron chi connectivity index (χ1n) is 11.6. The molecule has 0 N–H and O–H groups in total. The molecule has 2 saturated heterocycles. The Morgan fingerprint density at radius 2 is 1.85 bits per heavy atom. The van der Waals surface area contributed by atoms with Gasteiger partial charge in [0, 0.05) is 13.1 Å². The molecule has 2 aliphatic heterocycles. The highest BCUT2D eigenvalue weighted by Gasteiger charge is 2.35. The van der Waals surface area contributed by atoms with Crippen LogP contribution in [0.25, 0.3) is 5.69 Å². The van der Waals surface area contributed by atoms with Crippen molar-refractivity contribution in [2.45, 2.75) is 56.9 Å². The van der Waals surface area contributed by atoms with Crippen molar-refractivity contribution in [2.24, 2.45) is 5.92 Å². The van der Waals surface area contributed by atoms with E-state index in [0.29, 0.717) is 23.4 Å². The molecule has 180 valence electrons. The van der Waals surface area contributed by atoms with E-state index < -0.39 is 11.7 Å². The van der Waals surface area contributed by atoms with E-state index in [4.69, 9.17) is 0 Å². The number of benzene rings is 1. The molecule has 2 aromatic rings. The van der Waals surface area contributed by atoms with Crippen LogP contribution in [0.3, 0.4) is 0 Å². The van der Waals surface area contributed by atoms with E-state index in [-0.39, 0.29) is 17.3 Å². The van der Waals surface area contributed by atoms with Gasteiger partial charge < -0.3 is 4.90 Å². The van der Waals surface area contributed by atoms with E-state index in [2.05, 4.69) is 22.0 Å². The van der Waals surface area contributed by atoms with Gasteiger partial charge in [0.1, 0.15) is 0 Å². The fourth-order valence-corrected chi connectivity index (χ4v) is 5.46. The van der Waals surface area contributed by atoms with Gasteiger partial charge in [-0.2, -0.15) is 13.2 Å². The number of thioether (sulfide) groups is 1. The number of amides is 1. The molecule has 2 fully saturated rings. The molecule has 1 unspecified atom stereocenters. The van der Waals surface area contributed by atoms with E-state index in [9.17, 15) is 18.0 Å². The van der Waals surface area contributed by atoms with Gasteiger partial charge in [0.05, 0.1) is 23.5 Å². The van der Waals surface area contributed by atoms with Gasteiger partial charge >= 0.3 is 6.18 Å². The number of hydrogen-bond acceptors (Lipinski definition) is 5. The van der Waals surface area contributed by atoms with Gasteiger partial charge in [-0.1, -0.05) is 37.2 Å². The third-order valence-corrected chi connectivity index (χ3v) is 7.21. The number of carbonyl (C=O) groups excluding carboxylic acids is 1. The van der Waals surface area contributed by atoms with Gasteiger partial charge in [-0.15, -0.1) is 10.2 Å². The molecule has 10 heteroatoms. The number of hydrogen-bond donors (Lipinski definition) is 0. The maximum Gasteiger partial charge on any atom is 0.418 e. The van der Waals surface area contributed by atoms with Crippen molar-refractivity contribution >= 4 is 17.7 Å². The molecule has 6 nitrogen and oxygen atoms in total. The highest BCUT2D eigenvalue weighted by Crippen LogP contribution is 2.36. The van der Waals surface area contributed by atoms with Crippen molar-refractivity contribution in [2.75, 3.05) is 31.9 Å². The Bertz CT molecular complexity index is 958. The van der Waals surface area contributed by atoms with Crippen LogP contribution in [-0.4, -0.2) is 62.4 Å². The summed E-state index contributed by atoms with van der Waals surface area (Å²) in [7, 11) is 0. The Balaban J connectivity index is 1.61. The highest BCUT2D eigenvalue weighted by molar-refractivity contribution is 7.99. The molecular formula is C23H30F3N5OS. The van der Waals surface area contributed by atoms with Gasteiger partial charge in [-0.05, 0) is 56.8 Å². The largest absolute Gasteiger partial charge is 0.418 e. The zero-order valence-corrected chi connectivity index (χ0v) is 19.7. The van der Waals surface area contributed by atoms with Crippen LogP contribution in [0.2, 0.25) is 0 Å². The first-order chi connectivity index (χ1) is 15.8. The van der Waals surface area contributed by atoms with Gasteiger partial charge in [-0.3, -0.25) is 14.3 Å². The second kappa shape index (κ2) is 10.5. The second-order valence-corrected chi connectivity index (χ2v) is 9.90. The van der Waals surface area contributed by atoms with Crippen LogP contribution in [0.1, 0.15) is 50.4 Å². The Labute approximate surface area is 196 Å². The van der Waals surface area contributed by atoms with Crippen LogP contribution in [0.4, 0.5) is 13.2 Å². The molecule has 1 aromatic carbocycles. The van der Waals surface area contributed by atoms with Crippen LogP contribution in [0.15, 0.2) is 29.4 Å². The number of piperidine rings is 2. The lowest BCUT2D eigenvalue weighted by Crippen LogP contribution is -2.40. The van der Waals surface area contributed by atoms with Crippen molar-refractivity contribution in [1.82, 2.24) is 24.6 Å². The molecule has 1 amide bonds. The Hall–Kier alpha value is -2.07. The molecule has 0 radical (unpaired) electrons. The monoisotopic (exact) mass is 481 g/mol. The van der Waals surface area contributed by atoms with Crippen molar-refractivity contribution in [1.29, 1.82) is 0 Å². The molecular weight excluding hydrogens is 451 g/mol. The van der Waals surface area contributed by atoms with Crippen LogP contribution >= 0.6 is 11.8 Å². The minimum atomic E-state index is -4.51. The number of rotatable bonds is 6. The minimum Gasteiger partial charge on any atom is -0.342 e. The number of para-hydroxylation sites is 1. The molecule has 0 saturated carbocycles. The topological polar surface area (TPSA) is 54.3 Å². The summed E-state index contributed by atoms with van der Waals surface area (Å²) in [6, 6.07) is 5.50. The average Bonchev–Trinajstić information content (AvgIpc) is 3.19. The molecule has 0 aliphatic carbocycles. The van der Waals surface area contributed by atoms with Crippen LogP contribution in [-0.2, 0) is 17.5 Å². The summed E-state index contributed by atoms with van der Waals surface area (Å²) in [6.07, 6.45) is 0.880. The zero-order chi connectivity index (χ0) is 23.4. The van der Waals surface area contributed by atoms with Crippen molar-refractivity contribution in [3.8, 4) is 5.69 Å². The zero-order valence-electron chi connectivity index (χ0n) is 18.9. The number of halogens is 3. The minimum absolute atomic E-state index is 0.00329. The second-order valence-electron chi connectivity index (χ2n) is 8.96. The lowest BCUT2D eigenvalue weighted by Gasteiger charge is -2.30. The van der Waals surface area contributed by atoms with E-state index in [1.807, 2.05) is 4.90 Å². The molecule has 3 heterocycles. The fourth-order valence-electron chi connectivity index (χ4n) is 4.60. The first kappa shape index (κ1) is 24.1. The standard InChI is InChI=1S/C23H30F3N5OS/c1-17-8-7-13-30(14-17)21(32)16-33-22-28-27-20(15-29-11-5-2-6-12-29)31(22)19-10-4-3-9-18(19)23(24,25)26/h3-4,9-10,17H,2,5-8,11-16H2,1H3. The molecule has 1 aromatic heterocycles. The summed E-state index contributed by atoms with van der Waals surface area (Å²) in [4.78, 5) is 16.8. The summed E-state index contributed by atoms with van der Waals surface area (Å²) < 4.78 is 43.0. The molecule has 0 spiro atoms. The van der Waals surface area contributed by atoms with Crippen molar-refractivity contribution in [3.63, 3.8) is 0 Å². The predicted molar refractivity (Wildman–Crippen MR) is 121 cm³/mol. The maximum atomic E-state index is 13.8. The van der Waals surface area contributed by atoms with Gasteiger partial charge in [-0.25, -0.2) is 0 Å². The summed E-state index contributed by atoms with van der Waals surface area (Å²) in [5.41, 5.74) is -0.730. The van der Waals surface area contributed by atoms with Gasteiger partial charge in [0.25, 0.3) is 0 Å². The average molecular weight is 482 g/mol. The van der Waals surface area contributed by atoms with Crippen LogP contribution < -0.4 is 0 Å². The quantitative estimate of drug-likeness (QED) is 0.564. The summed E-state index contributed by atoms with van der Waals surface area (Å²) >= 11 is 1.16. The number of carbonyl (C=O) groups is 1. The summed E-state index contributed by atoms with van der Waals surface area (Å²) in [5.74, 6) is 1.05. The van der Waals surface area contributed by atoms with E-state index in [0.717, 1.165) is 69.7 Å². The summed E-state index contributed by atoms with van der Waals surface area (Å²) in [6.45, 7) is 5.79. The highest BCUT2D eigenvalue weighted by atomic mass is 32.2. The lowest BCUT2D eigenvalue weighted by atomic mass is 10.0. The van der Waals surface area contributed by atoms with Crippen molar-refractivity contribution < 1.29 is 18.0 Å². The number of nitrogens with zero attached hydrogens (tertiary/aromatic N) is 5. The first-order valence-corrected chi connectivity index (χ1v) is 12.6. The van der Waals surface area contributed by atoms with Crippen LogP contribution in [0.5, 0.6) is 0 Å². The molecule has 0 bridgehead atoms. The SMILES string of the molecule is CC1CCCN(C(=O)CSc2nnc(CN3CCCCC3)n2-c2ccccc2C(F)(F)F)C1. The third kappa shape index (κ3) is 5.90.